The number of primary amides is 1. The van der Waals surface area contributed by atoms with Crippen molar-refractivity contribution in [3.8, 4) is 17.2 Å². The van der Waals surface area contributed by atoms with Crippen LogP contribution in [-0.2, 0) is 11.2 Å². The highest BCUT2D eigenvalue weighted by atomic mass is 32.1. The normalized spacial score (nSPS) is 11.5. The molecule has 3 N–H and O–H groups in total. The Morgan fingerprint density at radius 3 is 2.24 bits per heavy atom. The van der Waals surface area contributed by atoms with Gasteiger partial charge in [-0.15, -0.1) is 11.3 Å². The molecule has 0 radical (unpaired) electrons. The average molecular weight is 469 g/mol. The lowest BCUT2D eigenvalue weighted by molar-refractivity contribution is -0.120. The molecule has 0 aliphatic heterocycles. The molecule has 1 atom stereocenters. The summed E-state index contributed by atoms with van der Waals surface area (Å²) >= 11 is 1.58. The molecule has 1 heterocycles. The van der Waals surface area contributed by atoms with E-state index in [9.17, 15) is 9.59 Å². The molecule has 0 spiro atoms. The number of thiophene rings is 1. The van der Waals surface area contributed by atoms with Crippen LogP contribution in [0.5, 0.6) is 17.2 Å². The summed E-state index contributed by atoms with van der Waals surface area (Å²) in [6.45, 7) is 1.81. The first-order chi connectivity index (χ1) is 16.0. The maximum atomic E-state index is 13.3. The zero-order chi connectivity index (χ0) is 23.8. The number of hydrogen-bond acceptors (Lipinski definition) is 6. The summed E-state index contributed by atoms with van der Waals surface area (Å²) in [7, 11) is 2.89. The quantitative estimate of drug-likeness (QED) is 0.441. The highest BCUT2D eigenvalue weighted by molar-refractivity contribution is 7.10. The first kappa shape index (κ1) is 24.1. The molecule has 0 aliphatic rings. The maximum Gasteiger partial charge on any atom is 0.255 e. The lowest BCUT2D eigenvalue weighted by atomic mass is 10.0. The van der Waals surface area contributed by atoms with Gasteiger partial charge in [0.2, 0.25) is 5.75 Å². The number of ether oxygens (including phenoxy) is 3. The lowest BCUT2D eigenvalue weighted by Gasteiger charge is -2.20. The average Bonchev–Trinajstić information content (AvgIpc) is 3.36. The Labute approximate surface area is 197 Å². The van der Waals surface area contributed by atoms with Crippen LogP contribution in [0.15, 0.2) is 53.9 Å². The van der Waals surface area contributed by atoms with Crippen LogP contribution in [0.2, 0.25) is 0 Å². The number of aryl methyl sites for hydroxylation is 1. The number of nitrogens with one attached hydrogen (secondary N) is 1. The SMILES string of the molecule is CCCc1ccc(C(NC(=O)c2cc(OC)c(OCC(N)=O)c(OC)c2)c2cccs2)cc1. The third-order valence-corrected chi connectivity index (χ3v) is 5.97. The number of hydrogen-bond donors (Lipinski definition) is 2. The molecule has 7 nitrogen and oxygen atoms in total. The lowest BCUT2D eigenvalue weighted by Crippen LogP contribution is -2.29. The molecule has 0 aliphatic carbocycles. The molecule has 2 aromatic carbocycles. The molecule has 8 heteroatoms. The van der Waals surface area contributed by atoms with Gasteiger partial charge in [0.15, 0.2) is 18.1 Å². The van der Waals surface area contributed by atoms with Gasteiger partial charge in [0.25, 0.3) is 11.8 Å². The van der Waals surface area contributed by atoms with E-state index in [1.54, 1.807) is 23.5 Å². The summed E-state index contributed by atoms with van der Waals surface area (Å²) in [6, 6.07) is 15.0. The molecule has 0 bridgehead atoms. The third kappa shape index (κ3) is 6.04. The van der Waals surface area contributed by atoms with Crippen LogP contribution in [0.3, 0.4) is 0 Å². The van der Waals surface area contributed by atoms with Gasteiger partial charge in [-0.05, 0) is 41.1 Å². The Hall–Kier alpha value is -3.52. The van der Waals surface area contributed by atoms with Gasteiger partial charge in [-0.1, -0.05) is 43.7 Å². The predicted octanol–water partition coefficient (Wildman–Crippen LogP) is 4.10. The molecular weight excluding hydrogens is 440 g/mol. The standard InChI is InChI=1S/C25H28N2O5S/c1-4-6-16-8-10-17(11-9-16)23(21-7-5-12-33-21)27-25(29)18-13-19(30-2)24(20(14-18)31-3)32-15-22(26)28/h5,7-14,23H,4,6,15H2,1-3H3,(H2,26,28)(H,27,29). The zero-order valence-corrected chi connectivity index (χ0v) is 19.7. The molecule has 2 amide bonds. The van der Waals surface area contributed by atoms with Crippen LogP contribution in [0.4, 0.5) is 0 Å². The van der Waals surface area contributed by atoms with Gasteiger partial charge in [0, 0.05) is 10.4 Å². The van der Waals surface area contributed by atoms with Crippen molar-refractivity contribution in [1.29, 1.82) is 0 Å². The highest BCUT2D eigenvalue weighted by Crippen LogP contribution is 2.39. The van der Waals surface area contributed by atoms with Crippen LogP contribution < -0.4 is 25.3 Å². The number of rotatable bonds is 11. The van der Waals surface area contributed by atoms with E-state index < -0.39 is 5.91 Å². The Balaban J connectivity index is 1.91. The van der Waals surface area contributed by atoms with E-state index in [0.717, 1.165) is 23.3 Å². The molecule has 3 aromatic rings. The molecule has 1 aromatic heterocycles. The fraction of sp³-hybridized carbons (Fsp3) is 0.280. The van der Waals surface area contributed by atoms with Gasteiger partial charge < -0.3 is 25.3 Å². The van der Waals surface area contributed by atoms with E-state index in [0.29, 0.717) is 5.56 Å². The Morgan fingerprint density at radius 1 is 1.06 bits per heavy atom. The fourth-order valence-electron chi connectivity index (χ4n) is 3.45. The number of nitrogens with two attached hydrogens (primary N) is 1. The first-order valence-corrected chi connectivity index (χ1v) is 11.4. The van der Waals surface area contributed by atoms with Crippen molar-refractivity contribution in [2.45, 2.75) is 25.8 Å². The first-order valence-electron chi connectivity index (χ1n) is 10.6. The summed E-state index contributed by atoms with van der Waals surface area (Å²) in [4.78, 5) is 25.4. The highest BCUT2D eigenvalue weighted by Gasteiger charge is 2.22. The van der Waals surface area contributed by atoms with E-state index >= 15 is 0 Å². The van der Waals surface area contributed by atoms with Gasteiger partial charge in [-0.3, -0.25) is 9.59 Å². The second kappa shape index (κ2) is 11.4. The largest absolute Gasteiger partial charge is 0.493 e. The van der Waals surface area contributed by atoms with Crippen molar-refractivity contribution in [1.82, 2.24) is 5.32 Å². The minimum atomic E-state index is -0.635. The van der Waals surface area contributed by atoms with Crippen molar-refractivity contribution < 1.29 is 23.8 Å². The van der Waals surface area contributed by atoms with E-state index in [4.69, 9.17) is 19.9 Å². The molecule has 33 heavy (non-hydrogen) atoms. The van der Waals surface area contributed by atoms with Gasteiger partial charge >= 0.3 is 0 Å². The number of carbonyl (C=O) groups is 2. The number of carbonyl (C=O) groups excluding carboxylic acids is 2. The van der Waals surface area contributed by atoms with E-state index in [-0.39, 0.29) is 35.8 Å². The monoisotopic (exact) mass is 468 g/mol. The van der Waals surface area contributed by atoms with E-state index in [1.807, 2.05) is 17.5 Å². The van der Waals surface area contributed by atoms with E-state index in [1.165, 1.54) is 19.8 Å². The second-order valence-electron chi connectivity index (χ2n) is 7.38. The summed E-state index contributed by atoms with van der Waals surface area (Å²) in [5, 5.41) is 5.10. The molecule has 0 saturated heterocycles. The van der Waals surface area contributed by atoms with Crippen LogP contribution >= 0.6 is 11.3 Å². The van der Waals surface area contributed by atoms with Crippen LogP contribution in [0.1, 0.15) is 45.7 Å². The number of benzene rings is 2. The second-order valence-corrected chi connectivity index (χ2v) is 8.36. The summed E-state index contributed by atoms with van der Waals surface area (Å²) < 4.78 is 16.2. The van der Waals surface area contributed by atoms with Crippen LogP contribution in [-0.4, -0.2) is 32.6 Å². The van der Waals surface area contributed by atoms with Crippen molar-refractivity contribution in [2.75, 3.05) is 20.8 Å². The fourth-order valence-corrected chi connectivity index (χ4v) is 4.25. The van der Waals surface area contributed by atoms with Crippen molar-refractivity contribution in [3.63, 3.8) is 0 Å². The smallest absolute Gasteiger partial charge is 0.255 e. The van der Waals surface area contributed by atoms with Gasteiger partial charge in [-0.25, -0.2) is 0 Å². The molecule has 174 valence electrons. The predicted molar refractivity (Wildman–Crippen MR) is 128 cm³/mol. The van der Waals surface area contributed by atoms with Gasteiger partial charge in [0.1, 0.15) is 0 Å². The zero-order valence-electron chi connectivity index (χ0n) is 18.9. The Bertz CT molecular complexity index is 1060. The molecule has 0 saturated carbocycles. The molecular formula is C25H28N2O5S. The maximum absolute atomic E-state index is 13.3. The molecule has 3 rings (SSSR count). The van der Waals surface area contributed by atoms with Gasteiger partial charge in [0.05, 0.1) is 20.3 Å². The van der Waals surface area contributed by atoms with Crippen LogP contribution in [0, 0.1) is 0 Å². The Kier molecular flexibility index (Phi) is 8.32. The summed E-state index contributed by atoms with van der Waals surface area (Å²) in [5.41, 5.74) is 7.76. The third-order valence-electron chi connectivity index (χ3n) is 5.04. The van der Waals surface area contributed by atoms with Crippen molar-refractivity contribution >= 4 is 23.2 Å². The molecule has 1 unspecified atom stereocenters. The van der Waals surface area contributed by atoms with Crippen molar-refractivity contribution in [3.05, 3.63) is 75.5 Å². The van der Waals surface area contributed by atoms with Crippen molar-refractivity contribution in [2.24, 2.45) is 5.73 Å². The topological polar surface area (TPSA) is 99.9 Å². The minimum absolute atomic E-state index is 0.205. The van der Waals surface area contributed by atoms with Gasteiger partial charge in [-0.2, -0.15) is 0 Å². The summed E-state index contributed by atoms with van der Waals surface area (Å²) in [6.07, 6.45) is 2.09. The summed E-state index contributed by atoms with van der Waals surface area (Å²) in [5.74, 6) is -0.208. The minimum Gasteiger partial charge on any atom is -0.493 e. The van der Waals surface area contributed by atoms with E-state index in [2.05, 4.69) is 36.5 Å². The number of methoxy groups -OCH3 is 2. The number of amides is 2. The van der Waals surface area contributed by atoms with Crippen LogP contribution in [0.25, 0.3) is 0 Å². The molecule has 0 fully saturated rings. The Morgan fingerprint density at radius 2 is 1.73 bits per heavy atom.